The summed E-state index contributed by atoms with van der Waals surface area (Å²) in [5.74, 6) is 0.500. The first-order valence-corrected chi connectivity index (χ1v) is 8.20. The van der Waals surface area contributed by atoms with E-state index in [2.05, 4.69) is 9.71 Å². The average molecular weight is 331 g/mol. The number of rotatable bonds is 5. The van der Waals surface area contributed by atoms with Crippen molar-refractivity contribution in [1.29, 1.82) is 0 Å². The first-order chi connectivity index (χ1) is 9.51. The van der Waals surface area contributed by atoms with E-state index in [1.165, 1.54) is 18.3 Å². The van der Waals surface area contributed by atoms with Crippen LogP contribution >= 0.6 is 23.2 Å². The van der Waals surface area contributed by atoms with E-state index >= 15 is 0 Å². The number of nitrogens with one attached hydrogen (secondary N) is 1. The molecule has 1 aromatic heterocycles. The largest absolute Gasteiger partial charge is 0.279 e. The molecule has 20 heavy (non-hydrogen) atoms. The van der Waals surface area contributed by atoms with Gasteiger partial charge in [0.1, 0.15) is 5.15 Å². The normalized spacial score (nSPS) is 11.3. The number of hydrogen-bond donors (Lipinski definition) is 1. The van der Waals surface area contributed by atoms with Crippen LogP contribution in [0.3, 0.4) is 0 Å². The number of aryl methyl sites for hydroxylation is 1. The van der Waals surface area contributed by atoms with Crippen molar-refractivity contribution >= 4 is 38.9 Å². The van der Waals surface area contributed by atoms with Crippen LogP contribution in [-0.4, -0.2) is 19.3 Å². The lowest BCUT2D eigenvalue weighted by Crippen LogP contribution is -2.13. The summed E-state index contributed by atoms with van der Waals surface area (Å²) in [4.78, 5) is 3.98. The van der Waals surface area contributed by atoms with Crippen molar-refractivity contribution in [3.63, 3.8) is 0 Å². The van der Waals surface area contributed by atoms with Crippen molar-refractivity contribution in [1.82, 2.24) is 4.98 Å². The fourth-order valence-corrected chi connectivity index (χ4v) is 3.07. The summed E-state index contributed by atoms with van der Waals surface area (Å²) < 4.78 is 26.8. The third-order valence-electron chi connectivity index (χ3n) is 2.60. The highest BCUT2D eigenvalue weighted by Crippen LogP contribution is 2.18. The molecule has 7 heteroatoms. The number of alkyl halides is 1. The Morgan fingerprint density at radius 3 is 2.45 bits per heavy atom. The van der Waals surface area contributed by atoms with Crippen molar-refractivity contribution < 1.29 is 8.42 Å². The number of hydrogen-bond acceptors (Lipinski definition) is 3. The van der Waals surface area contributed by atoms with Gasteiger partial charge in [0, 0.05) is 12.1 Å². The Labute approximate surface area is 127 Å². The predicted molar refractivity (Wildman–Crippen MR) is 80.9 cm³/mol. The Bertz CT molecular complexity index is 688. The highest BCUT2D eigenvalue weighted by atomic mass is 35.5. The second kappa shape index (κ2) is 6.43. The van der Waals surface area contributed by atoms with Crippen LogP contribution in [0, 0.1) is 0 Å². The molecule has 0 unspecified atom stereocenters. The van der Waals surface area contributed by atoms with Crippen LogP contribution in [0.15, 0.2) is 47.5 Å². The molecule has 0 aliphatic rings. The zero-order valence-corrected chi connectivity index (χ0v) is 12.7. The van der Waals surface area contributed by atoms with E-state index in [0.717, 1.165) is 5.56 Å². The number of pyridine rings is 1. The molecule has 0 spiro atoms. The van der Waals surface area contributed by atoms with E-state index in [-0.39, 0.29) is 10.0 Å². The van der Waals surface area contributed by atoms with Crippen LogP contribution in [0.25, 0.3) is 0 Å². The van der Waals surface area contributed by atoms with Gasteiger partial charge in [0.15, 0.2) is 0 Å². The third kappa shape index (κ3) is 3.85. The maximum Gasteiger partial charge on any atom is 0.261 e. The van der Waals surface area contributed by atoms with Gasteiger partial charge in [-0.1, -0.05) is 23.7 Å². The molecule has 0 aliphatic heterocycles. The van der Waals surface area contributed by atoms with E-state index in [4.69, 9.17) is 23.2 Å². The van der Waals surface area contributed by atoms with Gasteiger partial charge in [0.2, 0.25) is 0 Å². The maximum absolute atomic E-state index is 12.2. The molecular weight excluding hydrogens is 319 g/mol. The Hall–Kier alpha value is -1.30. The summed E-state index contributed by atoms with van der Waals surface area (Å²) in [6.07, 6.45) is 2.14. The van der Waals surface area contributed by atoms with Crippen LogP contribution in [-0.2, 0) is 16.4 Å². The molecule has 1 N–H and O–H groups in total. The van der Waals surface area contributed by atoms with E-state index < -0.39 is 10.0 Å². The zero-order chi connectivity index (χ0) is 14.6. The summed E-state index contributed by atoms with van der Waals surface area (Å²) in [5, 5.41) is 0.225. The summed E-state index contributed by atoms with van der Waals surface area (Å²) in [7, 11) is -3.63. The minimum absolute atomic E-state index is 0.184. The Morgan fingerprint density at radius 2 is 1.85 bits per heavy atom. The number of aromatic nitrogens is 1. The average Bonchev–Trinajstić information content (AvgIpc) is 2.39. The molecule has 0 atom stereocenters. The summed E-state index contributed by atoms with van der Waals surface area (Å²) >= 11 is 11.4. The molecule has 0 aliphatic carbocycles. The van der Waals surface area contributed by atoms with Gasteiger partial charge in [-0.25, -0.2) is 13.4 Å². The van der Waals surface area contributed by atoms with Gasteiger partial charge in [-0.05, 0) is 36.2 Å². The third-order valence-corrected chi connectivity index (χ3v) is 4.39. The van der Waals surface area contributed by atoms with Crippen molar-refractivity contribution in [2.75, 3.05) is 10.6 Å². The molecule has 4 nitrogen and oxygen atoms in total. The lowest BCUT2D eigenvalue weighted by Gasteiger charge is -2.08. The van der Waals surface area contributed by atoms with Gasteiger partial charge < -0.3 is 0 Å². The molecule has 0 bridgehead atoms. The number of benzene rings is 1. The highest BCUT2D eigenvalue weighted by molar-refractivity contribution is 7.92. The first-order valence-electron chi connectivity index (χ1n) is 5.80. The van der Waals surface area contributed by atoms with Crippen LogP contribution in [0.2, 0.25) is 5.15 Å². The Balaban J connectivity index is 2.21. The van der Waals surface area contributed by atoms with Crippen LogP contribution in [0.5, 0.6) is 0 Å². The van der Waals surface area contributed by atoms with Crippen molar-refractivity contribution in [2.24, 2.45) is 0 Å². The summed E-state index contributed by atoms with van der Waals surface area (Å²) in [5.41, 5.74) is 1.36. The Kier molecular flexibility index (Phi) is 4.86. The van der Waals surface area contributed by atoms with Gasteiger partial charge in [-0.2, -0.15) is 0 Å². The van der Waals surface area contributed by atoms with E-state index in [1.807, 2.05) is 0 Å². The predicted octanol–water partition coefficient (Wildman–Crippen LogP) is 3.32. The van der Waals surface area contributed by atoms with E-state index in [9.17, 15) is 8.42 Å². The van der Waals surface area contributed by atoms with Crippen LogP contribution < -0.4 is 4.72 Å². The quantitative estimate of drug-likeness (QED) is 0.675. The van der Waals surface area contributed by atoms with Gasteiger partial charge in [0.25, 0.3) is 10.0 Å². The van der Waals surface area contributed by atoms with Crippen molar-refractivity contribution in [3.8, 4) is 0 Å². The minimum Gasteiger partial charge on any atom is -0.279 e. The second-order valence-electron chi connectivity index (χ2n) is 4.06. The van der Waals surface area contributed by atoms with Crippen LogP contribution in [0.1, 0.15) is 5.56 Å². The van der Waals surface area contributed by atoms with Gasteiger partial charge >= 0.3 is 0 Å². The van der Waals surface area contributed by atoms with E-state index in [0.29, 0.717) is 18.0 Å². The summed E-state index contributed by atoms with van der Waals surface area (Å²) in [6.45, 7) is 0. The molecule has 1 heterocycles. The number of anilines is 1. The Morgan fingerprint density at radius 1 is 1.15 bits per heavy atom. The van der Waals surface area contributed by atoms with Gasteiger partial charge in [-0.3, -0.25) is 4.72 Å². The monoisotopic (exact) mass is 330 g/mol. The number of halogens is 2. The smallest absolute Gasteiger partial charge is 0.261 e. The topological polar surface area (TPSA) is 59.1 Å². The van der Waals surface area contributed by atoms with E-state index in [1.54, 1.807) is 24.3 Å². The van der Waals surface area contributed by atoms with Gasteiger partial charge in [-0.15, -0.1) is 11.6 Å². The second-order valence-corrected chi connectivity index (χ2v) is 6.50. The fraction of sp³-hybridized carbons (Fsp3) is 0.154. The van der Waals surface area contributed by atoms with Crippen molar-refractivity contribution in [3.05, 3.63) is 53.3 Å². The molecule has 2 rings (SSSR count). The molecule has 2 aromatic rings. The molecule has 0 amide bonds. The zero-order valence-electron chi connectivity index (χ0n) is 10.4. The van der Waals surface area contributed by atoms with Gasteiger partial charge in [0.05, 0.1) is 10.6 Å². The molecular formula is C13H12Cl2N2O2S. The number of sulfonamides is 1. The summed E-state index contributed by atoms with van der Waals surface area (Å²) in [6, 6.07) is 9.57. The highest BCUT2D eigenvalue weighted by Gasteiger charge is 2.14. The molecule has 0 radical (unpaired) electrons. The molecule has 106 valence electrons. The van der Waals surface area contributed by atoms with Crippen molar-refractivity contribution in [2.45, 2.75) is 11.3 Å². The molecule has 1 aromatic carbocycles. The van der Waals surface area contributed by atoms with Crippen LogP contribution in [0.4, 0.5) is 5.69 Å². The lowest BCUT2D eigenvalue weighted by molar-refractivity contribution is 0.601. The standard InChI is InChI=1S/C13H12Cl2N2O2S/c14-7-5-10-1-3-12(4-2-10)20(18,19)17-11-6-8-16-13(15)9-11/h1-4,6,8-9H,5,7H2,(H,16,17). The maximum atomic E-state index is 12.2. The lowest BCUT2D eigenvalue weighted by atomic mass is 10.2. The number of nitrogens with zero attached hydrogens (tertiary/aromatic N) is 1. The molecule has 0 saturated heterocycles. The molecule has 0 saturated carbocycles. The molecule has 0 fully saturated rings. The first kappa shape index (κ1) is 15.1. The fourth-order valence-electron chi connectivity index (χ4n) is 1.62. The minimum atomic E-state index is -3.63. The SMILES string of the molecule is O=S(=O)(Nc1ccnc(Cl)c1)c1ccc(CCCl)cc1.